The molecule has 3 aromatic rings. The summed E-state index contributed by atoms with van der Waals surface area (Å²) in [6.07, 6.45) is 0. The molecule has 3 aliphatic carbocycles. The van der Waals surface area contributed by atoms with E-state index in [9.17, 15) is 19.7 Å². The van der Waals surface area contributed by atoms with Crippen molar-refractivity contribution in [3.05, 3.63) is 110 Å². The smallest absolute Gasteiger partial charge is 0.274 e. The van der Waals surface area contributed by atoms with Crippen LogP contribution < -0.4 is 4.90 Å². The highest BCUT2D eigenvalue weighted by molar-refractivity contribution is 6.24. The lowest BCUT2D eigenvalue weighted by molar-refractivity contribution is -0.578. The van der Waals surface area contributed by atoms with Crippen molar-refractivity contribution in [3.8, 4) is 0 Å². The van der Waals surface area contributed by atoms with Gasteiger partial charge in [0, 0.05) is 22.0 Å². The molecular weight excluding hydrogens is 404 g/mol. The number of nitro groups is 1. The van der Waals surface area contributed by atoms with Crippen LogP contribution in [0.25, 0.3) is 0 Å². The van der Waals surface area contributed by atoms with Crippen molar-refractivity contribution in [2.45, 2.75) is 25.3 Å². The van der Waals surface area contributed by atoms with Gasteiger partial charge in [0.25, 0.3) is 5.54 Å². The van der Waals surface area contributed by atoms with Crippen molar-refractivity contribution >= 4 is 17.5 Å². The summed E-state index contributed by atoms with van der Waals surface area (Å²) >= 11 is 0. The molecule has 2 atom stereocenters. The molecule has 6 nitrogen and oxygen atoms in total. The van der Waals surface area contributed by atoms with E-state index in [1.54, 1.807) is 24.3 Å². The molecule has 32 heavy (non-hydrogen) atoms. The minimum Gasteiger partial charge on any atom is -0.274 e. The summed E-state index contributed by atoms with van der Waals surface area (Å²) in [5.74, 6) is -3.12. The van der Waals surface area contributed by atoms with E-state index in [4.69, 9.17) is 0 Å². The van der Waals surface area contributed by atoms with Crippen LogP contribution in [0.2, 0.25) is 0 Å². The van der Waals surface area contributed by atoms with Gasteiger partial charge in [-0.3, -0.25) is 19.7 Å². The molecule has 0 unspecified atom stereocenters. The Balaban J connectivity index is 1.68. The predicted molar refractivity (Wildman–Crippen MR) is 118 cm³/mol. The van der Waals surface area contributed by atoms with Crippen molar-refractivity contribution in [2.75, 3.05) is 4.90 Å². The van der Waals surface area contributed by atoms with Crippen LogP contribution >= 0.6 is 0 Å². The number of hydrogen-bond acceptors (Lipinski definition) is 4. The van der Waals surface area contributed by atoms with Crippen molar-refractivity contribution in [1.29, 1.82) is 0 Å². The molecule has 0 saturated carbocycles. The van der Waals surface area contributed by atoms with E-state index >= 15 is 0 Å². The normalized spacial score (nSPS) is 27.2. The summed E-state index contributed by atoms with van der Waals surface area (Å²) < 4.78 is 0. The Bertz CT molecular complexity index is 1310. The molecule has 4 aliphatic rings. The fraction of sp³-hybridized carbons (Fsp3) is 0.231. The molecule has 1 fully saturated rings. The van der Waals surface area contributed by atoms with Gasteiger partial charge in [0.15, 0.2) is 0 Å². The summed E-state index contributed by atoms with van der Waals surface area (Å²) in [7, 11) is 0. The number of aryl methyl sites for hydroxylation is 2. The number of anilines is 1. The van der Waals surface area contributed by atoms with Crippen LogP contribution in [0.1, 0.15) is 39.3 Å². The fourth-order valence-corrected chi connectivity index (χ4v) is 6.24. The summed E-state index contributed by atoms with van der Waals surface area (Å²) in [6.45, 7) is 3.74. The number of benzene rings is 3. The van der Waals surface area contributed by atoms with Crippen LogP contribution in [0, 0.1) is 35.8 Å². The highest BCUT2D eigenvalue weighted by Crippen LogP contribution is 2.64. The third kappa shape index (κ3) is 2.00. The Morgan fingerprint density at radius 2 is 1.47 bits per heavy atom. The van der Waals surface area contributed by atoms with Crippen molar-refractivity contribution in [3.63, 3.8) is 0 Å². The predicted octanol–water partition coefficient (Wildman–Crippen LogP) is 4.09. The van der Waals surface area contributed by atoms with Gasteiger partial charge >= 0.3 is 0 Å². The number of nitrogens with zero attached hydrogens (tertiary/aromatic N) is 2. The van der Waals surface area contributed by atoms with E-state index in [0.29, 0.717) is 16.8 Å². The molecule has 7 rings (SSSR count). The maximum absolute atomic E-state index is 13.9. The second-order valence-corrected chi connectivity index (χ2v) is 8.98. The number of imide groups is 1. The second-order valence-electron chi connectivity index (χ2n) is 8.98. The molecule has 0 aromatic heterocycles. The molecule has 0 spiro atoms. The first-order valence-corrected chi connectivity index (χ1v) is 10.7. The van der Waals surface area contributed by atoms with Gasteiger partial charge in [0.05, 0.1) is 11.6 Å². The highest BCUT2D eigenvalue weighted by atomic mass is 16.6. The number of carbonyl (C=O) groups is 2. The summed E-state index contributed by atoms with van der Waals surface area (Å²) in [5, 5.41) is 12.9. The quantitative estimate of drug-likeness (QED) is 0.353. The largest absolute Gasteiger partial charge is 0.285 e. The summed E-state index contributed by atoms with van der Waals surface area (Å²) in [5.41, 5.74) is 3.03. The Kier molecular flexibility index (Phi) is 3.62. The Labute approximate surface area is 184 Å². The van der Waals surface area contributed by atoms with Gasteiger partial charge in [0.1, 0.15) is 5.92 Å². The molecular formula is C26H20N2O4. The molecule has 1 aliphatic heterocycles. The zero-order chi connectivity index (χ0) is 22.4. The van der Waals surface area contributed by atoms with Gasteiger partial charge in [-0.15, -0.1) is 0 Å². The number of hydrogen-bond donors (Lipinski definition) is 0. The SMILES string of the molecule is Cc1ccc(C)c(N2C(=O)[C@H]3C4c5ccccc5C([N+](=O)[O-])(c5ccccc54)[C@H]3C2=O)c1. The zero-order valence-corrected chi connectivity index (χ0v) is 17.6. The summed E-state index contributed by atoms with van der Waals surface area (Å²) in [6, 6.07) is 20.0. The van der Waals surface area contributed by atoms with Crippen LogP contribution in [0.15, 0.2) is 66.7 Å². The van der Waals surface area contributed by atoms with Gasteiger partial charge in [-0.1, -0.05) is 60.7 Å². The first kappa shape index (κ1) is 18.9. The Morgan fingerprint density at radius 1 is 0.875 bits per heavy atom. The van der Waals surface area contributed by atoms with Crippen LogP contribution in [0.5, 0.6) is 0 Å². The molecule has 158 valence electrons. The molecule has 2 bridgehead atoms. The first-order chi connectivity index (χ1) is 15.4. The molecule has 1 heterocycles. The topological polar surface area (TPSA) is 80.5 Å². The monoisotopic (exact) mass is 424 g/mol. The minimum absolute atomic E-state index is 0.338. The molecule has 6 heteroatoms. The Morgan fingerprint density at radius 3 is 2.06 bits per heavy atom. The summed E-state index contributed by atoms with van der Waals surface area (Å²) in [4.78, 5) is 41.6. The van der Waals surface area contributed by atoms with Gasteiger partial charge in [-0.25, -0.2) is 4.90 Å². The van der Waals surface area contributed by atoms with Crippen LogP contribution in [-0.2, 0) is 15.1 Å². The maximum atomic E-state index is 13.9. The third-order valence-corrected chi connectivity index (χ3v) is 7.47. The molecule has 2 amide bonds. The standard InChI is InChI=1S/C26H20N2O4/c1-14-11-12-15(2)20(13-14)27-24(29)22-21-16-7-3-5-9-18(16)26(28(31)32,23(22)25(27)30)19-10-6-4-8-17(19)21/h3-13,21-23H,1-2H3/t21?,22-,23+,26?/m0/s1. The van der Waals surface area contributed by atoms with Gasteiger partial charge in [-0.2, -0.15) is 0 Å². The molecule has 1 saturated heterocycles. The second kappa shape index (κ2) is 6.13. The Hall–Kier alpha value is -3.80. The van der Waals surface area contributed by atoms with E-state index in [0.717, 1.165) is 22.3 Å². The van der Waals surface area contributed by atoms with Gasteiger partial charge < -0.3 is 0 Å². The van der Waals surface area contributed by atoms with E-state index < -0.39 is 23.3 Å². The highest BCUT2D eigenvalue weighted by Gasteiger charge is 2.74. The van der Waals surface area contributed by atoms with Crippen molar-refractivity contribution < 1.29 is 14.5 Å². The maximum Gasteiger partial charge on any atom is 0.285 e. The molecule has 0 N–H and O–H groups in total. The van der Waals surface area contributed by atoms with E-state index in [2.05, 4.69) is 0 Å². The number of amides is 2. The van der Waals surface area contributed by atoms with Gasteiger partial charge in [-0.05, 0) is 42.2 Å². The number of rotatable bonds is 2. The lowest BCUT2D eigenvalue weighted by atomic mass is 9.51. The van der Waals surface area contributed by atoms with Crippen LogP contribution in [0.3, 0.4) is 0 Å². The molecule has 3 aromatic carbocycles. The van der Waals surface area contributed by atoms with E-state index in [-0.39, 0.29) is 16.7 Å². The van der Waals surface area contributed by atoms with Gasteiger partial charge in [0.2, 0.25) is 11.8 Å². The average molecular weight is 424 g/mol. The fourth-order valence-electron chi connectivity index (χ4n) is 6.24. The first-order valence-electron chi connectivity index (χ1n) is 10.7. The molecule has 0 radical (unpaired) electrons. The zero-order valence-electron chi connectivity index (χ0n) is 17.6. The van der Waals surface area contributed by atoms with Crippen LogP contribution in [-0.4, -0.2) is 16.7 Å². The number of carbonyl (C=O) groups excluding carboxylic acids is 2. The lowest BCUT2D eigenvalue weighted by Gasteiger charge is -2.48. The van der Waals surface area contributed by atoms with Crippen molar-refractivity contribution in [2.24, 2.45) is 11.8 Å². The van der Waals surface area contributed by atoms with Crippen molar-refractivity contribution in [1.82, 2.24) is 0 Å². The van der Waals surface area contributed by atoms with Crippen LogP contribution in [0.4, 0.5) is 5.69 Å². The third-order valence-electron chi connectivity index (χ3n) is 7.47. The van der Waals surface area contributed by atoms with E-state index in [1.807, 2.05) is 56.3 Å². The average Bonchev–Trinajstić information content (AvgIpc) is 3.06. The lowest BCUT2D eigenvalue weighted by Crippen LogP contribution is -2.57. The van der Waals surface area contributed by atoms with E-state index in [1.165, 1.54) is 4.90 Å². The minimum atomic E-state index is -1.79.